The molecule has 2 rings (SSSR count). The van der Waals surface area contributed by atoms with Gasteiger partial charge in [-0.3, -0.25) is 19.7 Å². The van der Waals surface area contributed by atoms with Crippen LogP contribution in [0.1, 0.15) is 23.7 Å². The van der Waals surface area contributed by atoms with E-state index in [0.717, 1.165) is 0 Å². The van der Waals surface area contributed by atoms with Crippen molar-refractivity contribution in [2.45, 2.75) is 19.4 Å². The number of piperazine rings is 1. The van der Waals surface area contributed by atoms with E-state index in [1.807, 2.05) is 6.92 Å². The Kier molecular flexibility index (Phi) is 10.8. The summed E-state index contributed by atoms with van der Waals surface area (Å²) in [4.78, 5) is 38.6. The Labute approximate surface area is 192 Å². The number of carbonyl (C=O) groups excluding carboxylic acids is 3. The van der Waals surface area contributed by atoms with Gasteiger partial charge in [-0.1, -0.05) is 6.07 Å². The molecule has 1 aliphatic rings. The lowest BCUT2D eigenvalue weighted by atomic mass is 10.1. The van der Waals surface area contributed by atoms with E-state index < -0.39 is 17.9 Å². The summed E-state index contributed by atoms with van der Waals surface area (Å²) in [5.74, 6) is -0.837. The second kappa shape index (κ2) is 13.6. The predicted octanol–water partition coefficient (Wildman–Crippen LogP) is 0.497. The molecular formula is C21H29N3O7S. The van der Waals surface area contributed by atoms with E-state index in [-0.39, 0.29) is 30.7 Å². The SMILES string of the molecule is CCOCCOc1cccc(C(=O)NC(=S)N2CCNC(=O)C2CC(=O)OCCOC)c1. The van der Waals surface area contributed by atoms with Gasteiger partial charge in [0.1, 0.15) is 25.0 Å². The first-order chi connectivity index (χ1) is 15.5. The number of methoxy groups -OCH3 is 1. The molecule has 1 aromatic rings. The maximum atomic E-state index is 12.7. The monoisotopic (exact) mass is 467 g/mol. The molecule has 0 aromatic heterocycles. The number of carbonyl (C=O) groups is 3. The molecule has 1 saturated heterocycles. The first-order valence-corrected chi connectivity index (χ1v) is 10.7. The molecule has 2 amide bonds. The van der Waals surface area contributed by atoms with Crippen molar-refractivity contribution in [1.82, 2.24) is 15.5 Å². The first-order valence-electron chi connectivity index (χ1n) is 10.3. The number of hydrogen-bond donors (Lipinski definition) is 2. The predicted molar refractivity (Wildman–Crippen MR) is 119 cm³/mol. The lowest BCUT2D eigenvalue weighted by Gasteiger charge is -2.36. The Bertz CT molecular complexity index is 805. The Morgan fingerprint density at radius 2 is 2.06 bits per heavy atom. The van der Waals surface area contributed by atoms with Gasteiger partial charge in [-0.15, -0.1) is 0 Å². The molecule has 0 spiro atoms. The molecular weight excluding hydrogens is 438 g/mol. The summed E-state index contributed by atoms with van der Waals surface area (Å²) in [5.41, 5.74) is 0.346. The number of thiocarbonyl (C=S) groups is 1. The van der Waals surface area contributed by atoms with Crippen molar-refractivity contribution < 1.29 is 33.3 Å². The summed E-state index contributed by atoms with van der Waals surface area (Å²) in [6.45, 7) is 4.35. The van der Waals surface area contributed by atoms with Crippen LogP contribution < -0.4 is 15.4 Å². The first kappa shape index (κ1) is 25.5. The third kappa shape index (κ3) is 8.06. The summed E-state index contributed by atoms with van der Waals surface area (Å²) < 4.78 is 20.7. The van der Waals surface area contributed by atoms with Gasteiger partial charge in [0.25, 0.3) is 5.91 Å². The summed E-state index contributed by atoms with van der Waals surface area (Å²) >= 11 is 5.37. The minimum absolute atomic E-state index is 0.0576. The molecule has 0 saturated carbocycles. The normalized spacial score (nSPS) is 15.6. The Hall–Kier alpha value is -2.76. The van der Waals surface area contributed by atoms with Gasteiger partial charge in [0.2, 0.25) is 5.91 Å². The van der Waals surface area contributed by atoms with E-state index in [9.17, 15) is 14.4 Å². The van der Waals surface area contributed by atoms with E-state index in [0.29, 0.717) is 44.2 Å². The second-order valence-electron chi connectivity index (χ2n) is 6.75. The summed E-state index contributed by atoms with van der Waals surface area (Å²) in [5, 5.41) is 5.39. The average Bonchev–Trinajstić information content (AvgIpc) is 2.78. The molecule has 1 heterocycles. The largest absolute Gasteiger partial charge is 0.491 e. The molecule has 0 bridgehead atoms. The Morgan fingerprint density at radius 3 is 2.81 bits per heavy atom. The van der Waals surface area contributed by atoms with Gasteiger partial charge >= 0.3 is 5.97 Å². The zero-order valence-corrected chi connectivity index (χ0v) is 19.1. The van der Waals surface area contributed by atoms with Crippen LogP contribution in [0.25, 0.3) is 0 Å². The molecule has 1 aliphatic heterocycles. The standard InChI is InChI=1S/C21H29N3O7S/c1-3-29-10-12-30-16-6-4-5-15(13-16)19(26)23-21(32)24-8-7-22-20(27)17(24)14-18(25)31-11-9-28-2/h4-6,13,17H,3,7-12,14H2,1-2H3,(H,22,27)(H,23,26,32). The van der Waals surface area contributed by atoms with E-state index in [1.165, 1.54) is 12.0 Å². The molecule has 0 radical (unpaired) electrons. The van der Waals surface area contributed by atoms with Crippen LogP contribution in [-0.4, -0.2) is 87.1 Å². The molecule has 32 heavy (non-hydrogen) atoms. The highest BCUT2D eigenvalue weighted by Crippen LogP contribution is 2.15. The third-order valence-electron chi connectivity index (χ3n) is 4.52. The number of nitrogens with zero attached hydrogens (tertiary/aromatic N) is 1. The van der Waals surface area contributed by atoms with Gasteiger partial charge in [-0.2, -0.15) is 0 Å². The van der Waals surface area contributed by atoms with Crippen LogP contribution in [-0.2, 0) is 23.8 Å². The fraction of sp³-hybridized carbons (Fsp3) is 0.524. The fourth-order valence-electron chi connectivity index (χ4n) is 2.95. The van der Waals surface area contributed by atoms with Crippen LogP contribution in [0.3, 0.4) is 0 Å². The van der Waals surface area contributed by atoms with Crippen LogP contribution in [0.4, 0.5) is 0 Å². The Morgan fingerprint density at radius 1 is 1.25 bits per heavy atom. The lowest BCUT2D eigenvalue weighted by Crippen LogP contribution is -2.60. The van der Waals surface area contributed by atoms with Gasteiger partial charge in [0.15, 0.2) is 5.11 Å². The van der Waals surface area contributed by atoms with Gasteiger partial charge in [-0.25, -0.2) is 0 Å². The Balaban J connectivity index is 1.97. The summed E-state index contributed by atoms with van der Waals surface area (Å²) in [7, 11) is 1.49. The molecule has 1 fully saturated rings. The van der Waals surface area contributed by atoms with Gasteiger partial charge in [0, 0.05) is 32.4 Å². The number of benzene rings is 1. The van der Waals surface area contributed by atoms with Crippen molar-refractivity contribution in [3.8, 4) is 5.75 Å². The van der Waals surface area contributed by atoms with Gasteiger partial charge < -0.3 is 29.2 Å². The number of amides is 2. The number of hydrogen-bond acceptors (Lipinski definition) is 8. The van der Waals surface area contributed by atoms with Gasteiger partial charge in [0.05, 0.1) is 19.6 Å². The minimum atomic E-state index is -0.875. The molecule has 176 valence electrons. The van der Waals surface area contributed by atoms with Crippen LogP contribution in [0.15, 0.2) is 24.3 Å². The van der Waals surface area contributed by atoms with Crippen LogP contribution in [0.2, 0.25) is 0 Å². The quantitative estimate of drug-likeness (QED) is 0.273. The van der Waals surface area contributed by atoms with Crippen LogP contribution in [0, 0.1) is 0 Å². The summed E-state index contributed by atoms with van der Waals surface area (Å²) in [6.07, 6.45) is -0.200. The summed E-state index contributed by atoms with van der Waals surface area (Å²) in [6, 6.07) is 5.78. The third-order valence-corrected chi connectivity index (χ3v) is 4.86. The molecule has 10 nitrogen and oxygen atoms in total. The fourth-order valence-corrected chi connectivity index (χ4v) is 3.26. The lowest BCUT2D eigenvalue weighted by molar-refractivity contribution is -0.148. The van der Waals surface area contributed by atoms with Crippen molar-refractivity contribution in [3.63, 3.8) is 0 Å². The number of nitrogens with one attached hydrogen (secondary N) is 2. The van der Waals surface area contributed by atoms with Crippen molar-refractivity contribution in [2.24, 2.45) is 0 Å². The van der Waals surface area contributed by atoms with E-state index in [4.69, 9.17) is 31.2 Å². The molecule has 2 N–H and O–H groups in total. The smallest absolute Gasteiger partial charge is 0.308 e. The van der Waals surface area contributed by atoms with Gasteiger partial charge in [-0.05, 0) is 37.3 Å². The van der Waals surface area contributed by atoms with Crippen LogP contribution >= 0.6 is 12.2 Å². The van der Waals surface area contributed by atoms with E-state index in [1.54, 1.807) is 24.3 Å². The number of rotatable bonds is 11. The highest BCUT2D eigenvalue weighted by Gasteiger charge is 2.34. The van der Waals surface area contributed by atoms with E-state index in [2.05, 4.69) is 10.6 Å². The molecule has 1 aromatic carbocycles. The van der Waals surface area contributed by atoms with Crippen molar-refractivity contribution in [3.05, 3.63) is 29.8 Å². The zero-order chi connectivity index (χ0) is 23.3. The second-order valence-corrected chi connectivity index (χ2v) is 7.14. The minimum Gasteiger partial charge on any atom is -0.491 e. The number of ether oxygens (including phenoxy) is 4. The number of esters is 1. The van der Waals surface area contributed by atoms with Crippen molar-refractivity contribution in [1.29, 1.82) is 0 Å². The van der Waals surface area contributed by atoms with Crippen molar-refractivity contribution in [2.75, 3.05) is 53.2 Å². The highest BCUT2D eigenvalue weighted by atomic mass is 32.1. The van der Waals surface area contributed by atoms with Crippen molar-refractivity contribution >= 4 is 35.1 Å². The maximum Gasteiger partial charge on any atom is 0.308 e. The van der Waals surface area contributed by atoms with E-state index >= 15 is 0 Å². The topological polar surface area (TPSA) is 115 Å². The molecule has 0 aliphatic carbocycles. The maximum absolute atomic E-state index is 12.7. The van der Waals surface area contributed by atoms with Crippen LogP contribution in [0.5, 0.6) is 5.75 Å². The average molecular weight is 468 g/mol. The molecule has 1 atom stereocenters. The highest BCUT2D eigenvalue weighted by molar-refractivity contribution is 7.80. The molecule has 11 heteroatoms. The zero-order valence-electron chi connectivity index (χ0n) is 18.3. The molecule has 1 unspecified atom stereocenters.